The molecule has 0 radical (unpaired) electrons. The highest BCUT2D eigenvalue weighted by molar-refractivity contribution is 7.90. The number of sulfonamides is 1. The van der Waals surface area contributed by atoms with E-state index in [1.807, 2.05) is 7.05 Å². The molecule has 3 amide bonds. The molecule has 2 aliphatic heterocycles. The van der Waals surface area contributed by atoms with Gasteiger partial charge >= 0.3 is 12.1 Å². The standard InChI is InChI=1S/C25H28N4O8S/c1-16(29-23(31)19-5-3-4-6-21(19)38(29,35)36)22(30)26-20(24(32)33)15-17-7-9-18(10-8-17)37-25(34)28-13-11-27(2)12-14-28/h3-10,16,20H,11-15H2,1-2H3,(H,26,30)(H,32,33)/t16?,20-/m0/s1. The van der Waals surface area contributed by atoms with E-state index in [0.717, 1.165) is 13.1 Å². The van der Waals surface area contributed by atoms with Crippen molar-refractivity contribution in [1.29, 1.82) is 0 Å². The molecule has 38 heavy (non-hydrogen) atoms. The molecule has 2 atom stereocenters. The van der Waals surface area contributed by atoms with Crippen LogP contribution in [-0.4, -0.2) is 96.8 Å². The van der Waals surface area contributed by atoms with E-state index < -0.39 is 46.0 Å². The lowest BCUT2D eigenvalue weighted by Gasteiger charge is -2.31. The first-order chi connectivity index (χ1) is 18.0. The number of likely N-dealkylation sites (N-methyl/N-ethyl adjacent to an activating group) is 1. The van der Waals surface area contributed by atoms with Gasteiger partial charge in [0.25, 0.3) is 15.9 Å². The van der Waals surface area contributed by atoms with Gasteiger partial charge in [-0.3, -0.25) is 9.59 Å². The molecule has 4 rings (SSSR count). The molecule has 2 aromatic rings. The summed E-state index contributed by atoms with van der Waals surface area (Å²) in [5.41, 5.74) is 0.484. The highest BCUT2D eigenvalue weighted by Gasteiger charge is 2.46. The average molecular weight is 545 g/mol. The molecule has 1 saturated heterocycles. The van der Waals surface area contributed by atoms with Crippen molar-refractivity contribution < 1.29 is 37.4 Å². The lowest BCUT2D eigenvalue weighted by molar-refractivity contribution is -0.142. The number of ether oxygens (including phenoxy) is 1. The molecule has 1 fully saturated rings. The van der Waals surface area contributed by atoms with Crippen molar-refractivity contribution in [1.82, 2.24) is 19.4 Å². The van der Waals surface area contributed by atoms with Gasteiger partial charge in [0.15, 0.2) is 0 Å². The fourth-order valence-corrected chi connectivity index (χ4v) is 5.99. The first-order valence-electron chi connectivity index (χ1n) is 11.9. The van der Waals surface area contributed by atoms with Crippen LogP contribution < -0.4 is 10.1 Å². The molecular formula is C25H28N4O8S. The summed E-state index contributed by atoms with van der Waals surface area (Å²) < 4.78 is 31.5. The van der Waals surface area contributed by atoms with Gasteiger partial charge in [-0.1, -0.05) is 24.3 Å². The number of amides is 3. The minimum Gasteiger partial charge on any atom is -0.480 e. The van der Waals surface area contributed by atoms with Crippen LogP contribution in [0.25, 0.3) is 0 Å². The molecule has 0 aromatic heterocycles. The van der Waals surface area contributed by atoms with Crippen LogP contribution in [0.1, 0.15) is 22.8 Å². The van der Waals surface area contributed by atoms with Gasteiger partial charge in [0.1, 0.15) is 22.7 Å². The maximum atomic E-state index is 12.9. The molecule has 0 bridgehead atoms. The number of carboxylic acid groups (broad SMARTS) is 1. The summed E-state index contributed by atoms with van der Waals surface area (Å²) in [7, 11) is -2.28. The smallest absolute Gasteiger partial charge is 0.415 e. The van der Waals surface area contributed by atoms with E-state index in [-0.39, 0.29) is 16.9 Å². The predicted molar refractivity (Wildman–Crippen MR) is 134 cm³/mol. The molecule has 0 aliphatic carbocycles. The van der Waals surface area contributed by atoms with E-state index in [1.54, 1.807) is 17.0 Å². The van der Waals surface area contributed by atoms with Crippen molar-refractivity contribution in [2.75, 3.05) is 33.2 Å². The van der Waals surface area contributed by atoms with Gasteiger partial charge in [0.2, 0.25) is 5.91 Å². The Morgan fingerprint density at radius 3 is 2.26 bits per heavy atom. The fourth-order valence-electron chi connectivity index (χ4n) is 4.27. The Kier molecular flexibility index (Phi) is 7.69. The summed E-state index contributed by atoms with van der Waals surface area (Å²) in [5.74, 6) is -2.83. The largest absolute Gasteiger partial charge is 0.480 e. The third-order valence-electron chi connectivity index (χ3n) is 6.53. The number of nitrogens with one attached hydrogen (secondary N) is 1. The van der Waals surface area contributed by atoms with Gasteiger partial charge in [-0.25, -0.2) is 22.3 Å². The number of aliphatic carboxylic acids is 1. The van der Waals surface area contributed by atoms with Crippen LogP contribution in [0.2, 0.25) is 0 Å². The van der Waals surface area contributed by atoms with Crippen molar-refractivity contribution in [3.8, 4) is 5.75 Å². The Bertz CT molecular complexity index is 1350. The van der Waals surface area contributed by atoms with E-state index in [0.29, 0.717) is 28.7 Å². The van der Waals surface area contributed by atoms with Crippen molar-refractivity contribution in [2.45, 2.75) is 30.3 Å². The number of nitrogens with zero attached hydrogens (tertiary/aromatic N) is 3. The third kappa shape index (κ3) is 5.48. The fraction of sp³-hybridized carbons (Fsp3) is 0.360. The molecule has 2 N–H and O–H groups in total. The van der Waals surface area contributed by atoms with E-state index in [9.17, 15) is 32.7 Å². The molecule has 13 heteroatoms. The van der Waals surface area contributed by atoms with Crippen LogP contribution in [0.4, 0.5) is 4.79 Å². The summed E-state index contributed by atoms with van der Waals surface area (Å²) in [6.07, 6.45) is -0.592. The number of hydrogen-bond acceptors (Lipinski definition) is 8. The summed E-state index contributed by atoms with van der Waals surface area (Å²) in [5, 5.41) is 12.0. The quantitative estimate of drug-likeness (QED) is 0.515. The first kappa shape index (κ1) is 27.1. The summed E-state index contributed by atoms with van der Waals surface area (Å²) >= 11 is 0. The molecule has 0 spiro atoms. The monoisotopic (exact) mass is 544 g/mol. The molecular weight excluding hydrogens is 516 g/mol. The number of carbonyl (C=O) groups excluding carboxylic acids is 3. The Hall–Kier alpha value is -3.97. The van der Waals surface area contributed by atoms with E-state index >= 15 is 0 Å². The molecule has 202 valence electrons. The number of benzene rings is 2. The topological polar surface area (TPSA) is 154 Å². The zero-order valence-corrected chi connectivity index (χ0v) is 21.7. The van der Waals surface area contributed by atoms with Gasteiger partial charge < -0.3 is 25.0 Å². The van der Waals surface area contributed by atoms with Crippen molar-refractivity contribution >= 4 is 33.9 Å². The molecule has 2 heterocycles. The molecule has 2 aliphatic rings. The summed E-state index contributed by atoms with van der Waals surface area (Å²) in [6.45, 7) is 3.84. The average Bonchev–Trinajstić information content (AvgIpc) is 3.09. The highest BCUT2D eigenvalue weighted by atomic mass is 32.2. The van der Waals surface area contributed by atoms with E-state index in [1.165, 1.54) is 43.3 Å². The summed E-state index contributed by atoms with van der Waals surface area (Å²) in [6, 6.07) is 8.94. The Balaban J connectivity index is 1.38. The van der Waals surface area contributed by atoms with Crippen LogP contribution in [0, 0.1) is 0 Å². The minimum absolute atomic E-state index is 0.0460. The van der Waals surface area contributed by atoms with Crippen molar-refractivity contribution in [3.05, 3.63) is 59.7 Å². The van der Waals surface area contributed by atoms with Crippen molar-refractivity contribution in [3.63, 3.8) is 0 Å². The number of rotatable bonds is 7. The maximum Gasteiger partial charge on any atom is 0.415 e. The Labute approximate surface area is 219 Å². The molecule has 12 nitrogen and oxygen atoms in total. The Morgan fingerprint density at radius 1 is 1.03 bits per heavy atom. The van der Waals surface area contributed by atoms with Crippen molar-refractivity contribution in [2.24, 2.45) is 0 Å². The molecule has 2 aromatic carbocycles. The van der Waals surface area contributed by atoms with Crippen LogP contribution in [-0.2, 0) is 26.0 Å². The second-order valence-electron chi connectivity index (χ2n) is 9.18. The lowest BCUT2D eigenvalue weighted by atomic mass is 10.1. The minimum atomic E-state index is -4.25. The molecule has 0 saturated carbocycles. The number of fused-ring (bicyclic) bond motifs is 1. The SMILES string of the molecule is CC(C(=O)N[C@@H](Cc1ccc(OC(=O)N2CCN(C)CC2)cc1)C(=O)O)N1C(=O)c2ccccc2S1(=O)=O. The van der Waals surface area contributed by atoms with Crippen LogP contribution >= 0.6 is 0 Å². The number of hydrogen-bond donors (Lipinski definition) is 2. The number of piperazine rings is 1. The maximum absolute atomic E-state index is 12.9. The van der Waals surface area contributed by atoms with Gasteiger partial charge in [0.05, 0.1) is 5.56 Å². The zero-order chi connectivity index (χ0) is 27.6. The Morgan fingerprint density at radius 2 is 1.66 bits per heavy atom. The first-order valence-corrected chi connectivity index (χ1v) is 13.4. The van der Waals surface area contributed by atoms with Gasteiger partial charge in [-0.15, -0.1) is 0 Å². The van der Waals surface area contributed by atoms with E-state index in [4.69, 9.17) is 4.74 Å². The van der Waals surface area contributed by atoms with Crippen LogP contribution in [0.3, 0.4) is 0 Å². The van der Waals surface area contributed by atoms with Gasteiger partial charge in [0, 0.05) is 32.6 Å². The second-order valence-corrected chi connectivity index (χ2v) is 11.0. The second kappa shape index (κ2) is 10.8. The van der Waals surface area contributed by atoms with Crippen LogP contribution in [0.5, 0.6) is 5.75 Å². The third-order valence-corrected chi connectivity index (χ3v) is 8.44. The van der Waals surface area contributed by atoms with Crippen LogP contribution in [0.15, 0.2) is 53.4 Å². The van der Waals surface area contributed by atoms with E-state index in [2.05, 4.69) is 10.2 Å². The van der Waals surface area contributed by atoms with Gasteiger partial charge in [-0.2, -0.15) is 0 Å². The highest BCUT2D eigenvalue weighted by Crippen LogP contribution is 2.31. The normalized spacial score (nSPS) is 18.4. The number of carbonyl (C=O) groups is 4. The summed E-state index contributed by atoms with van der Waals surface area (Å²) in [4.78, 5) is 53.3. The zero-order valence-electron chi connectivity index (χ0n) is 20.9. The lowest BCUT2D eigenvalue weighted by Crippen LogP contribution is -2.52. The number of carboxylic acids is 1. The predicted octanol–water partition coefficient (Wildman–Crippen LogP) is 0.778. The molecule has 1 unspecified atom stereocenters. The van der Waals surface area contributed by atoms with Gasteiger partial charge in [-0.05, 0) is 43.8 Å².